The molecule has 0 bridgehead atoms. The molecule has 2 amide bonds. The fraction of sp³-hybridized carbons (Fsp3) is 0.429. The highest BCUT2D eigenvalue weighted by molar-refractivity contribution is 5.81. The second kappa shape index (κ2) is 10.2. The molecule has 1 aliphatic rings. The van der Waals surface area contributed by atoms with Gasteiger partial charge in [-0.25, -0.2) is 9.78 Å². The van der Waals surface area contributed by atoms with Gasteiger partial charge in [0.2, 0.25) is 0 Å². The lowest BCUT2D eigenvalue weighted by Crippen LogP contribution is -2.44. The molecule has 1 N–H and O–H groups in total. The van der Waals surface area contributed by atoms with Gasteiger partial charge >= 0.3 is 6.03 Å². The lowest BCUT2D eigenvalue weighted by Gasteiger charge is -2.33. The fourth-order valence-corrected chi connectivity index (χ4v) is 4.86. The predicted octanol–water partition coefficient (Wildman–Crippen LogP) is 5.09. The van der Waals surface area contributed by atoms with Crippen LogP contribution in [0.25, 0.3) is 22.2 Å². The number of carbonyl (C=O) groups is 1. The molecule has 37 heavy (non-hydrogen) atoms. The van der Waals surface area contributed by atoms with Gasteiger partial charge in [-0.05, 0) is 54.5 Å². The minimum atomic E-state index is 0.0968. The van der Waals surface area contributed by atoms with Crippen molar-refractivity contribution in [3.05, 3.63) is 54.6 Å². The van der Waals surface area contributed by atoms with E-state index in [0.29, 0.717) is 11.8 Å². The second-order valence-corrected chi connectivity index (χ2v) is 10.6. The van der Waals surface area contributed by atoms with Gasteiger partial charge in [0.25, 0.3) is 0 Å². The third-order valence-corrected chi connectivity index (χ3v) is 7.17. The van der Waals surface area contributed by atoms with E-state index in [1.807, 2.05) is 41.2 Å². The maximum absolute atomic E-state index is 12.2. The Hall–Kier alpha value is -3.88. The van der Waals surface area contributed by atoms with Crippen LogP contribution in [-0.4, -0.2) is 67.3 Å². The number of pyridine rings is 2. The molecule has 1 aliphatic heterocycles. The van der Waals surface area contributed by atoms with Crippen LogP contribution in [0.2, 0.25) is 0 Å². The highest BCUT2D eigenvalue weighted by Crippen LogP contribution is 2.26. The fourth-order valence-electron chi connectivity index (χ4n) is 4.86. The molecule has 0 atom stereocenters. The van der Waals surface area contributed by atoms with Crippen LogP contribution < -0.4 is 5.32 Å². The van der Waals surface area contributed by atoms with Crippen LogP contribution in [-0.2, 0) is 13.6 Å². The van der Waals surface area contributed by atoms with Gasteiger partial charge in [0.05, 0.1) is 17.2 Å². The normalized spacial score (nSPS) is 14.5. The van der Waals surface area contributed by atoms with E-state index in [0.717, 1.165) is 66.3 Å². The minimum Gasteiger partial charge on any atom is -0.337 e. The second-order valence-electron chi connectivity index (χ2n) is 10.6. The molecule has 4 aromatic heterocycles. The molecular formula is C28H36N8O. The number of amides is 2. The van der Waals surface area contributed by atoms with E-state index in [1.54, 1.807) is 19.0 Å². The monoisotopic (exact) mass is 500 g/mol. The number of hydrogen-bond acceptors (Lipinski definition) is 5. The molecule has 194 valence electrons. The number of nitrogens with one attached hydrogen (secondary N) is 1. The van der Waals surface area contributed by atoms with E-state index < -0.39 is 0 Å². The maximum Gasteiger partial charge on any atom is 0.319 e. The van der Waals surface area contributed by atoms with Crippen molar-refractivity contribution >= 4 is 28.7 Å². The Morgan fingerprint density at radius 1 is 1.08 bits per heavy atom. The van der Waals surface area contributed by atoms with Gasteiger partial charge in [-0.15, -0.1) is 0 Å². The Balaban J connectivity index is 1.27. The number of rotatable bonds is 6. The average Bonchev–Trinajstić information content (AvgIpc) is 3.50. The molecule has 4 aromatic rings. The summed E-state index contributed by atoms with van der Waals surface area (Å²) in [4.78, 5) is 25.2. The van der Waals surface area contributed by atoms with Crippen LogP contribution in [0.4, 0.5) is 16.4 Å². The number of anilines is 2. The number of urea groups is 1. The highest BCUT2D eigenvalue weighted by atomic mass is 16.2. The molecule has 1 saturated heterocycles. The quantitative estimate of drug-likeness (QED) is 0.399. The van der Waals surface area contributed by atoms with Crippen LogP contribution in [0.3, 0.4) is 0 Å². The summed E-state index contributed by atoms with van der Waals surface area (Å²) >= 11 is 0. The molecule has 0 unspecified atom stereocenters. The van der Waals surface area contributed by atoms with Crippen LogP contribution in [0, 0.1) is 5.92 Å². The number of piperidine rings is 1. The summed E-state index contributed by atoms with van der Waals surface area (Å²) in [6.07, 6.45) is 10.00. The smallest absolute Gasteiger partial charge is 0.319 e. The van der Waals surface area contributed by atoms with Crippen molar-refractivity contribution < 1.29 is 4.79 Å². The zero-order valence-corrected chi connectivity index (χ0v) is 22.3. The minimum absolute atomic E-state index is 0.0968. The molecule has 0 radical (unpaired) electrons. The lowest BCUT2D eigenvalue weighted by atomic mass is 9.97. The first-order valence-electron chi connectivity index (χ1n) is 13.0. The van der Waals surface area contributed by atoms with Crippen LogP contribution in [0.1, 0.15) is 38.2 Å². The number of aromatic nitrogens is 5. The van der Waals surface area contributed by atoms with Crippen molar-refractivity contribution in [3.8, 4) is 11.1 Å². The number of hydrogen-bond donors (Lipinski definition) is 1. The van der Waals surface area contributed by atoms with E-state index in [2.05, 4.69) is 58.3 Å². The summed E-state index contributed by atoms with van der Waals surface area (Å²) in [6.45, 7) is 6.84. The summed E-state index contributed by atoms with van der Waals surface area (Å²) in [5.41, 5.74) is 5.01. The van der Waals surface area contributed by atoms with Crippen molar-refractivity contribution in [2.24, 2.45) is 13.0 Å². The summed E-state index contributed by atoms with van der Waals surface area (Å²) in [6, 6.07) is 8.30. The summed E-state index contributed by atoms with van der Waals surface area (Å²) in [7, 11) is 5.65. The molecule has 0 saturated carbocycles. The van der Waals surface area contributed by atoms with Gasteiger partial charge < -0.3 is 19.7 Å². The number of fused-ring (bicyclic) bond motifs is 1. The number of likely N-dealkylation sites (tertiary alicyclic amines) is 1. The van der Waals surface area contributed by atoms with Crippen molar-refractivity contribution in [1.29, 1.82) is 0 Å². The first-order valence-corrected chi connectivity index (χ1v) is 13.0. The molecule has 9 heteroatoms. The molecule has 9 nitrogen and oxygen atoms in total. The molecule has 1 fully saturated rings. The summed E-state index contributed by atoms with van der Waals surface area (Å²) < 4.78 is 4.11. The molecule has 0 spiro atoms. The van der Waals surface area contributed by atoms with E-state index in [1.165, 1.54) is 5.56 Å². The van der Waals surface area contributed by atoms with Crippen LogP contribution in [0.5, 0.6) is 0 Å². The van der Waals surface area contributed by atoms with Gasteiger partial charge in [-0.1, -0.05) is 13.8 Å². The Morgan fingerprint density at radius 2 is 1.86 bits per heavy atom. The van der Waals surface area contributed by atoms with Crippen molar-refractivity contribution in [2.75, 3.05) is 32.5 Å². The predicted molar refractivity (Wildman–Crippen MR) is 147 cm³/mol. The van der Waals surface area contributed by atoms with Crippen molar-refractivity contribution in [1.82, 2.24) is 34.1 Å². The summed E-state index contributed by atoms with van der Waals surface area (Å²) in [5, 5.41) is 8.06. The first-order chi connectivity index (χ1) is 17.8. The Morgan fingerprint density at radius 3 is 2.57 bits per heavy atom. The van der Waals surface area contributed by atoms with Gasteiger partial charge in [0.1, 0.15) is 11.6 Å². The highest BCUT2D eigenvalue weighted by Gasteiger charge is 2.24. The number of nitrogens with zero attached hydrogens (tertiary/aromatic N) is 7. The zero-order chi connectivity index (χ0) is 26.1. The molecule has 0 aliphatic carbocycles. The number of aryl methyl sites for hydroxylation is 1. The van der Waals surface area contributed by atoms with E-state index in [4.69, 9.17) is 4.98 Å². The lowest BCUT2D eigenvalue weighted by molar-refractivity contribution is 0.142. The topological polar surface area (TPSA) is 84.1 Å². The van der Waals surface area contributed by atoms with Gasteiger partial charge in [-0.3, -0.25) is 9.67 Å². The zero-order valence-electron chi connectivity index (χ0n) is 22.3. The van der Waals surface area contributed by atoms with Crippen LogP contribution in [0.15, 0.2) is 49.1 Å². The van der Waals surface area contributed by atoms with Gasteiger partial charge in [0, 0.05) is 70.5 Å². The largest absolute Gasteiger partial charge is 0.337 e. The maximum atomic E-state index is 12.2. The third-order valence-electron chi connectivity index (χ3n) is 7.17. The van der Waals surface area contributed by atoms with Gasteiger partial charge in [0.15, 0.2) is 0 Å². The van der Waals surface area contributed by atoms with E-state index in [-0.39, 0.29) is 6.03 Å². The third kappa shape index (κ3) is 5.45. The molecular weight excluding hydrogens is 464 g/mol. The average molecular weight is 501 g/mol. The van der Waals surface area contributed by atoms with Crippen molar-refractivity contribution in [2.45, 2.75) is 39.2 Å². The van der Waals surface area contributed by atoms with Gasteiger partial charge in [-0.2, -0.15) is 5.10 Å². The molecule has 5 heterocycles. The Bertz CT molecular complexity index is 1390. The Kier molecular flexibility index (Phi) is 6.86. The summed E-state index contributed by atoms with van der Waals surface area (Å²) in [5.74, 6) is 2.78. The van der Waals surface area contributed by atoms with E-state index >= 15 is 0 Å². The first kappa shape index (κ1) is 24.8. The van der Waals surface area contributed by atoms with E-state index in [9.17, 15) is 4.79 Å². The Labute approximate surface area is 218 Å². The molecule has 5 rings (SSSR count). The molecule has 0 aromatic carbocycles. The van der Waals surface area contributed by atoms with Crippen LogP contribution >= 0.6 is 0 Å². The SMILES string of the molecule is CC(C)c1cc(Nc2ccc3ncc(-c4cnn(CC5CCN(C(=O)N(C)C)CC5)c4)cc3n2)n(C)c1. The standard InChI is InChI=1S/C28H36N8O/c1-19(2)22-13-27(34(5)17-22)32-26-7-6-24-25(31-26)12-21(14-29-24)23-15-30-36(18-23)16-20-8-10-35(11-9-20)28(37)33(3)4/h6-7,12-15,17-20H,8-11,16H2,1-5H3,(H,31,32). The number of carbonyl (C=O) groups excluding carboxylic acids is 1. The van der Waals surface area contributed by atoms with Crippen molar-refractivity contribution in [3.63, 3.8) is 0 Å².